The maximum absolute atomic E-state index is 11.0. The molecule has 1 saturated carbocycles. The molecule has 0 spiro atoms. The molecule has 0 amide bonds. The number of aromatic amines is 1. The first-order valence-corrected chi connectivity index (χ1v) is 11.0. The molecule has 4 aromatic rings. The summed E-state index contributed by atoms with van der Waals surface area (Å²) in [6.45, 7) is 0. The summed E-state index contributed by atoms with van der Waals surface area (Å²) in [5.74, 6) is 0.819. The molecule has 0 radical (unpaired) electrons. The van der Waals surface area contributed by atoms with E-state index in [1.54, 1.807) is 12.1 Å². The molecule has 8 nitrogen and oxygen atoms in total. The van der Waals surface area contributed by atoms with Gasteiger partial charge in [0.2, 0.25) is 0 Å². The maximum atomic E-state index is 11.0. The molecule has 2 aromatic carbocycles. The number of anilines is 2. The minimum atomic E-state index is -0.703. The van der Waals surface area contributed by atoms with Crippen LogP contribution in [-0.2, 0) is 4.79 Å². The molecule has 9 heteroatoms. The van der Waals surface area contributed by atoms with E-state index in [4.69, 9.17) is 21.1 Å². The predicted molar refractivity (Wildman–Crippen MR) is 121 cm³/mol. The third-order valence-corrected chi connectivity index (χ3v) is 6.23. The largest absolute Gasteiger partial charge is 0.481 e. The van der Waals surface area contributed by atoms with Gasteiger partial charge in [-0.3, -0.25) is 4.79 Å². The fourth-order valence-electron chi connectivity index (χ4n) is 4.38. The average Bonchev–Trinajstić information content (AvgIpc) is 3.40. The van der Waals surface area contributed by atoms with Gasteiger partial charge >= 0.3 is 12.0 Å². The van der Waals surface area contributed by atoms with E-state index in [1.807, 2.05) is 18.2 Å². The van der Waals surface area contributed by atoms with Crippen LogP contribution in [0.5, 0.6) is 0 Å². The van der Waals surface area contributed by atoms with Crippen molar-refractivity contribution in [3.8, 4) is 11.7 Å². The lowest BCUT2D eigenvalue weighted by molar-refractivity contribution is -0.138. The van der Waals surface area contributed by atoms with Crippen molar-refractivity contribution in [2.75, 3.05) is 5.32 Å². The lowest BCUT2D eigenvalue weighted by Gasteiger charge is -2.27. The summed E-state index contributed by atoms with van der Waals surface area (Å²) in [5, 5.41) is 20.8. The fourth-order valence-corrected chi connectivity index (χ4v) is 4.57. The summed E-state index contributed by atoms with van der Waals surface area (Å²) >= 11 is 6.01. The van der Waals surface area contributed by atoms with Gasteiger partial charge < -0.3 is 19.8 Å². The van der Waals surface area contributed by atoms with Crippen LogP contribution in [0.3, 0.4) is 0 Å². The highest BCUT2D eigenvalue weighted by molar-refractivity contribution is 6.30. The van der Waals surface area contributed by atoms with Crippen LogP contribution in [0.4, 0.5) is 11.7 Å². The highest BCUT2D eigenvalue weighted by Crippen LogP contribution is 2.38. The number of rotatable bonds is 6. The molecule has 0 saturated heterocycles. The van der Waals surface area contributed by atoms with Gasteiger partial charge in [-0.1, -0.05) is 28.8 Å². The van der Waals surface area contributed by atoms with Crippen molar-refractivity contribution in [1.29, 1.82) is 0 Å². The summed E-state index contributed by atoms with van der Waals surface area (Å²) in [6.07, 6.45) is 4.18. The Balaban J connectivity index is 1.30. The molecule has 0 aliphatic heterocycles. The number of nitrogens with one attached hydrogen (secondary N) is 2. The Morgan fingerprint density at radius 3 is 2.78 bits per heavy atom. The first kappa shape index (κ1) is 20.5. The van der Waals surface area contributed by atoms with Gasteiger partial charge in [0.1, 0.15) is 0 Å². The normalized spacial score (nSPS) is 18.7. The molecule has 2 heterocycles. The summed E-state index contributed by atoms with van der Waals surface area (Å²) < 4.78 is 5.71. The van der Waals surface area contributed by atoms with Crippen molar-refractivity contribution >= 4 is 40.3 Å². The summed E-state index contributed by atoms with van der Waals surface area (Å²) in [7, 11) is 0. The van der Waals surface area contributed by atoms with E-state index < -0.39 is 5.97 Å². The molecule has 0 bridgehead atoms. The Morgan fingerprint density at radius 2 is 2.00 bits per heavy atom. The van der Waals surface area contributed by atoms with Crippen molar-refractivity contribution in [3.63, 3.8) is 0 Å². The molecule has 5 rings (SSSR count). The minimum Gasteiger partial charge on any atom is -0.481 e. The van der Waals surface area contributed by atoms with Crippen molar-refractivity contribution in [1.82, 2.24) is 20.2 Å². The smallest absolute Gasteiger partial charge is 0.320 e. The van der Waals surface area contributed by atoms with E-state index in [9.17, 15) is 4.79 Å². The van der Waals surface area contributed by atoms with Crippen LogP contribution in [0.25, 0.3) is 22.7 Å². The zero-order valence-corrected chi connectivity index (χ0v) is 18.0. The van der Waals surface area contributed by atoms with Crippen molar-refractivity contribution in [2.45, 2.75) is 38.0 Å². The third kappa shape index (κ3) is 4.45. The maximum Gasteiger partial charge on any atom is 0.320 e. The monoisotopic (exact) mass is 451 g/mol. The van der Waals surface area contributed by atoms with E-state index in [2.05, 4.69) is 37.6 Å². The van der Waals surface area contributed by atoms with E-state index in [-0.39, 0.29) is 18.4 Å². The molecule has 164 valence electrons. The van der Waals surface area contributed by atoms with Crippen LogP contribution >= 0.6 is 11.6 Å². The second-order valence-corrected chi connectivity index (χ2v) is 8.66. The standard InChI is InChI=1S/C23H22ClN5O3/c24-16-2-1-3-17(12-16)25-23-29-28-22(32-23)21-26-18-9-8-15(11-19(18)27-21)14-6-4-13(5-7-14)10-20(30)31/h1-3,8-9,11-14H,4-7,10H2,(H,25,29)(H,26,27)(H,30,31). The number of carbonyl (C=O) groups is 1. The Hall–Kier alpha value is -3.39. The van der Waals surface area contributed by atoms with Crippen molar-refractivity contribution < 1.29 is 14.3 Å². The number of nitrogens with zero attached hydrogens (tertiary/aromatic N) is 3. The Morgan fingerprint density at radius 1 is 1.16 bits per heavy atom. The number of hydrogen-bond acceptors (Lipinski definition) is 6. The number of carboxylic acids is 1. The minimum absolute atomic E-state index is 0.251. The number of benzene rings is 2. The molecule has 0 atom stereocenters. The van der Waals surface area contributed by atoms with Gasteiger partial charge in [0, 0.05) is 17.1 Å². The van der Waals surface area contributed by atoms with Gasteiger partial charge in [-0.2, -0.15) is 0 Å². The number of halogens is 1. The number of aromatic nitrogens is 4. The first-order chi connectivity index (χ1) is 15.5. The Bertz CT molecular complexity index is 1260. The lowest BCUT2D eigenvalue weighted by atomic mass is 9.77. The van der Waals surface area contributed by atoms with Crippen LogP contribution in [0.1, 0.15) is 43.6 Å². The van der Waals surface area contributed by atoms with Gasteiger partial charge in [0.15, 0.2) is 5.82 Å². The lowest BCUT2D eigenvalue weighted by Crippen LogP contribution is -2.16. The second-order valence-electron chi connectivity index (χ2n) is 8.23. The molecular formula is C23H22ClN5O3. The number of fused-ring (bicyclic) bond motifs is 1. The highest BCUT2D eigenvalue weighted by Gasteiger charge is 2.24. The number of H-pyrrole nitrogens is 1. The predicted octanol–water partition coefficient (Wildman–Crippen LogP) is 5.76. The highest BCUT2D eigenvalue weighted by atomic mass is 35.5. The zero-order valence-electron chi connectivity index (χ0n) is 17.2. The average molecular weight is 452 g/mol. The summed E-state index contributed by atoms with van der Waals surface area (Å²) in [4.78, 5) is 18.8. The molecular weight excluding hydrogens is 430 g/mol. The van der Waals surface area contributed by atoms with Crippen LogP contribution in [0, 0.1) is 5.92 Å². The van der Waals surface area contributed by atoms with Gasteiger partial charge in [-0.15, -0.1) is 5.10 Å². The first-order valence-electron chi connectivity index (χ1n) is 10.6. The van der Waals surface area contributed by atoms with Crippen LogP contribution in [0.15, 0.2) is 46.9 Å². The molecule has 3 N–H and O–H groups in total. The molecule has 2 aromatic heterocycles. The van der Waals surface area contributed by atoms with Crippen LogP contribution in [-0.4, -0.2) is 31.2 Å². The fraction of sp³-hybridized carbons (Fsp3) is 0.304. The summed E-state index contributed by atoms with van der Waals surface area (Å²) in [5.41, 5.74) is 3.72. The molecule has 1 aliphatic rings. The molecule has 1 fully saturated rings. The number of aliphatic carboxylic acids is 1. The molecule has 32 heavy (non-hydrogen) atoms. The number of carboxylic acid groups (broad SMARTS) is 1. The van der Waals surface area contributed by atoms with E-state index in [0.717, 1.165) is 42.4 Å². The van der Waals surface area contributed by atoms with Crippen LogP contribution in [0.2, 0.25) is 5.02 Å². The topological polar surface area (TPSA) is 117 Å². The molecule has 1 aliphatic carbocycles. The van der Waals surface area contributed by atoms with Gasteiger partial charge in [-0.05, 0) is 73.4 Å². The second kappa shape index (κ2) is 8.63. The van der Waals surface area contributed by atoms with Crippen molar-refractivity contribution in [3.05, 3.63) is 53.1 Å². The quantitative estimate of drug-likeness (QED) is 0.341. The van der Waals surface area contributed by atoms with Gasteiger partial charge in [-0.25, -0.2) is 4.98 Å². The zero-order chi connectivity index (χ0) is 22.1. The number of hydrogen-bond donors (Lipinski definition) is 3. The van der Waals surface area contributed by atoms with Crippen molar-refractivity contribution in [2.24, 2.45) is 5.92 Å². The van der Waals surface area contributed by atoms with E-state index >= 15 is 0 Å². The Labute approximate surface area is 189 Å². The number of imidazole rings is 1. The Kier molecular flexibility index (Phi) is 5.53. The molecule has 0 unspecified atom stereocenters. The van der Waals surface area contributed by atoms with E-state index in [1.165, 1.54) is 5.56 Å². The SMILES string of the molecule is O=C(O)CC1CCC(c2ccc3[nH]c(-c4nnc(Nc5cccc(Cl)c5)o4)nc3c2)CC1. The van der Waals surface area contributed by atoms with Gasteiger partial charge in [0.05, 0.1) is 11.0 Å². The van der Waals surface area contributed by atoms with Gasteiger partial charge in [0.25, 0.3) is 5.89 Å². The van der Waals surface area contributed by atoms with E-state index in [0.29, 0.717) is 22.7 Å². The van der Waals surface area contributed by atoms with Crippen LogP contribution < -0.4 is 5.32 Å². The summed E-state index contributed by atoms with van der Waals surface area (Å²) in [6, 6.07) is 13.7. The third-order valence-electron chi connectivity index (χ3n) is 5.99.